The Balaban J connectivity index is 2.27. The maximum Gasteiger partial charge on any atom is 0.358 e. The smallest absolute Gasteiger partial charge is 0.358 e. The van der Waals surface area contributed by atoms with Gasteiger partial charge in [0.25, 0.3) is 0 Å². The first-order chi connectivity index (χ1) is 12.2. The van der Waals surface area contributed by atoms with Gasteiger partial charge in [0.1, 0.15) is 6.61 Å². The van der Waals surface area contributed by atoms with Crippen LogP contribution in [0.4, 0.5) is 0 Å². The number of hydrogen-bond donors (Lipinski definition) is 0. The fourth-order valence-electron chi connectivity index (χ4n) is 1.94. The number of carbonyl (C=O) groups excluding carboxylic acids is 1. The summed E-state index contributed by atoms with van der Waals surface area (Å²) in [5.41, 5.74) is 1.06. The average Bonchev–Trinajstić information content (AvgIpc) is 3.00. The van der Waals surface area contributed by atoms with Crippen LogP contribution in [0.1, 0.15) is 23.1 Å². The van der Waals surface area contributed by atoms with Gasteiger partial charge in [0, 0.05) is 7.11 Å². The van der Waals surface area contributed by atoms with Crippen molar-refractivity contribution in [2.45, 2.75) is 20.1 Å². The molecule has 0 aliphatic heterocycles. The van der Waals surface area contributed by atoms with Crippen molar-refractivity contribution < 1.29 is 28.5 Å². The second-order valence-corrected chi connectivity index (χ2v) is 4.88. The summed E-state index contributed by atoms with van der Waals surface area (Å²) in [6.45, 7) is 5.53. The van der Waals surface area contributed by atoms with Crippen molar-refractivity contribution in [1.82, 2.24) is 9.78 Å². The van der Waals surface area contributed by atoms with E-state index in [9.17, 15) is 4.79 Å². The lowest BCUT2D eigenvalue weighted by atomic mass is 10.3. The molecule has 8 heteroatoms. The molecular formula is C17H26N2O6. The summed E-state index contributed by atoms with van der Waals surface area (Å²) in [4.78, 5) is 11.7. The lowest BCUT2D eigenvalue weighted by Gasteiger charge is -2.08. The monoisotopic (exact) mass is 354 g/mol. The van der Waals surface area contributed by atoms with Gasteiger partial charge in [-0.3, -0.25) is 4.68 Å². The molecule has 0 radical (unpaired) electrons. The van der Waals surface area contributed by atoms with E-state index in [0.29, 0.717) is 59.4 Å². The number of rotatable bonds is 14. The highest BCUT2D eigenvalue weighted by Gasteiger charge is 2.15. The number of esters is 1. The maximum atomic E-state index is 11.7. The zero-order valence-electron chi connectivity index (χ0n) is 14.9. The minimum atomic E-state index is -0.444. The van der Waals surface area contributed by atoms with E-state index in [1.54, 1.807) is 24.8 Å². The molecule has 0 aliphatic carbocycles. The van der Waals surface area contributed by atoms with E-state index in [1.165, 1.54) is 0 Å². The predicted octanol–water partition coefficient (Wildman–Crippen LogP) is 0.889. The van der Waals surface area contributed by atoms with Gasteiger partial charge in [-0.1, -0.05) is 5.92 Å². The Kier molecular flexibility index (Phi) is 11.3. The van der Waals surface area contributed by atoms with Gasteiger partial charge < -0.3 is 23.7 Å². The van der Waals surface area contributed by atoms with Crippen LogP contribution in [-0.4, -0.2) is 69.1 Å². The normalized spacial score (nSPS) is 10.6. The molecule has 0 aliphatic rings. The van der Waals surface area contributed by atoms with Crippen LogP contribution in [0.25, 0.3) is 0 Å². The molecule has 0 aromatic carbocycles. The highest BCUT2D eigenvalue weighted by molar-refractivity contribution is 5.87. The number of hydrogen-bond acceptors (Lipinski definition) is 7. The molecule has 0 saturated carbocycles. The number of nitrogens with zero attached hydrogens (tertiary/aromatic N) is 2. The Labute approximate surface area is 148 Å². The predicted molar refractivity (Wildman–Crippen MR) is 90.2 cm³/mol. The van der Waals surface area contributed by atoms with Gasteiger partial charge in [-0.25, -0.2) is 4.79 Å². The Morgan fingerprint density at radius 3 is 2.52 bits per heavy atom. The Bertz CT molecular complexity index is 538. The van der Waals surface area contributed by atoms with Crippen molar-refractivity contribution in [3.8, 4) is 12.3 Å². The van der Waals surface area contributed by atoms with Crippen LogP contribution in [0.2, 0.25) is 0 Å². The van der Waals surface area contributed by atoms with Crippen molar-refractivity contribution in [2.24, 2.45) is 0 Å². The first-order valence-corrected chi connectivity index (χ1v) is 8.12. The molecule has 25 heavy (non-hydrogen) atoms. The van der Waals surface area contributed by atoms with Crippen molar-refractivity contribution in [2.75, 3.05) is 53.4 Å². The standard InChI is InChI=1S/C17H26N2O6/c1-4-7-22-9-11-24-12-10-23-8-6-19-15(14-21-3)13-16(18-19)17(20)25-5-2/h1,13H,5-12,14H2,2-3H3. The quantitative estimate of drug-likeness (QED) is 0.279. The van der Waals surface area contributed by atoms with Crippen molar-refractivity contribution in [3.05, 3.63) is 17.5 Å². The SMILES string of the molecule is C#CCOCCOCCOCCn1nc(C(=O)OCC)cc1COC. The Morgan fingerprint density at radius 2 is 1.88 bits per heavy atom. The van der Waals surface area contributed by atoms with E-state index in [1.807, 2.05) is 0 Å². The molecule has 140 valence electrons. The molecule has 0 amide bonds. The number of carbonyl (C=O) groups is 1. The molecule has 0 N–H and O–H groups in total. The third-order valence-corrected chi connectivity index (χ3v) is 3.02. The molecule has 1 heterocycles. The lowest BCUT2D eigenvalue weighted by Crippen LogP contribution is -2.15. The highest BCUT2D eigenvalue weighted by Crippen LogP contribution is 2.08. The van der Waals surface area contributed by atoms with E-state index in [2.05, 4.69) is 11.0 Å². The molecule has 0 unspecified atom stereocenters. The van der Waals surface area contributed by atoms with Gasteiger partial charge in [-0.15, -0.1) is 6.42 Å². The fourth-order valence-corrected chi connectivity index (χ4v) is 1.94. The van der Waals surface area contributed by atoms with E-state index in [-0.39, 0.29) is 5.69 Å². The van der Waals surface area contributed by atoms with Crippen LogP contribution in [-0.2, 0) is 36.8 Å². The third kappa shape index (κ3) is 8.65. The highest BCUT2D eigenvalue weighted by atomic mass is 16.5. The average molecular weight is 354 g/mol. The summed E-state index contributed by atoms with van der Waals surface area (Å²) in [6, 6.07) is 1.67. The van der Waals surface area contributed by atoms with Crippen molar-refractivity contribution in [3.63, 3.8) is 0 Å². The maximum absolute atomic E-state index is 11.7. The molecule has 0 spiro atoms. The van der Waals surface area contributed by atoms with Crippen LogP contribution >= 0.6 is 0 Å². The number of ether oxygens (including phenoxy) is 5. The van der Waals surface area contributed by atoms with Crippen LogP contribution in [0.15, 0.2) is 6.07 Å². The Morgan fingerprint density at radius 1 is 1.20 bits per heavy atom. The van der Waals surface area contributed by atoms with Crippen LogP contribution in [0.3, 0.4) is 0 Å². The van der Waals surface area contributed by atoms with Crippen molar-refractivity contribution in [1.29, 1.82) is 0 Å². The van der Waals surface area contributed by atoms with E-state index >= 15 is 0 Å². The number of aromatic nitrogens is 2. The largest absolute Gasteiger partial charge is 0.461 e. The van der Waals surface area contributed by atoms with Crippen molar-refractivity contribution >= 4 is 5.97 Å². The van der Waals surface area contributed by atoms with Gasteiger partial charge in [0.2, 0.25) is 0 Å². The van der Waals surface area contributed by atoms with Gasteiger partial charge in [0.05, 0.1) is 58.5 Å². The van der Waals surface area contributed by atoms with Crippen LogP contribution in [0.5, 0.6) is 0 Å². The summed E-state index contributed by atoms with van der Waals surface area (Å²) in [7, 11) is 1.59. The van der Waals surface area contributed by atoms with Gasteiger partial charge in [0.15, 0.2) is 5.69 Å². The minimum Gasteiger partial charge on any atom is -0.461 e. The van der Waals surface area contributed by atoms with Crippen LogP contribution < -0.4 is 0 Å². The summed E-state index contributed by atoms with van der Waals surface area (Å²) < 4.78 is 27.7. The van der Waals surface area contributed by atoms with E-state index < -0.39 is 5.97 Å². The van der Waals surface area contributed by atoms with Gasteiger partial charge in [-0.2, -0.15) is 5.10 Å². The molecule has 8 nitrogen and oxygen atoms in total. The molecule has 0 bridgehead atoms. The molecule has 1 aromatic heterocycles. The zero-order chi connectivity index (χ0) is 18.3. The Hall–Kier alpha value is -1.92. The van der Waals surface area contributed by atoms with Crippen LogP contribution in [0, 0.1) is 12.3 Å². The third-order valence-electron chi connectivity index (χ3n) is 3.02. The molecule has 0 atom stereocenters. The fraction of sp³-hybridized carbons (Fsp3) is 0.647. The summed E-state index contributed by atoms with van der Waals surface area (Å²) >= 11 is 0. The van der Waals surface area contributed by atoms with E-state index in [0.717, 1.165) is 5.69 Å². The first kappa shape index (κ1) is 21.1. The number of methoxy groups -OCH3 is 1. The van der Waals surface area contributed by atoms with Gasteiger partial charge >= 0.3 is 5.97 Å². The zero-order valence-corrected chi connectivity index (χ0v) is 14.9. The molecule has 0 saturated heterocycles. The molecule has 0 fully saturated rings. The number of terminal acetylenes is 1. The molecule has 1 rings (SSSR count). The van der Waals surface area contributed by atoms with Gasteiger partial charge in [-0.05, 0) is 13.0 Å². The molecular weight excluding hydrogens is 328 g/mol. The molecule has 1 aromatic rings. The summed E-state index contributed by atoms with van der Waals surface area (Å²) in [5, 5.41) is 4.24. The lowest BCUT2D eigenvalue weighted by molar-refractivity contribution is 0.0179. The second-order valence-electron chi connectivity index (χ2n) is 4.88. The summed E-state index contributed by atoms with van der Waals surface area (Å²) in [6.07, 6.45) is 5.06. The summed E-state index contributed by atoms with van der Waals surface area (Å²) in [5.74, 6) is 1.94. The van der Waals surface area contributed by atoms with E-state index in [4.69, 9.17) is 30.1 Å². The second kappa shape index (κ2) is 13.4. The topological polar surface area (TPSA) is 81.0 Å². The first-order valence-electron chi connectivity index (χ1n) is 8.12. The minimum absolute atomic E-state index is 0.268.